The van der Waals surface area contributed by atoms with E-state index in [2.05, 4.69) is 0 Å². The van der Waals surface area contributed by atoms with Crippen molar-refractivity contribution in [1.82, 2.24) is 4.90 Å². The number of carbonyl (C=O) groups excluding carboxylic acids is 1. The first kappa shape index (κ1) is 25.4. The highest BCUT2D eigenvalue weighted by Gasteiger charge is 2.39. The van der Waals surface area contributed by atoms with Gasteiger partial charge in [0.15, 0.2) is 6.10 Å². The van der Waals surface area contributed by atoms with E-state index in [1.54, 1.807) is 7.11 Å². The minimum Gasteiger partial charge on any atom is -0.488 e. The van der Waals surface area contributed by atoms with Crippen LogP contribution in [0.5, 0.6) is 5.75 Å². The number of hydrogen-bond acceptors (Lipinski definition) is 5. The Balaban J connectivity index is 1.63. The van der Waals surface area contributed by atoms with Gasteiger partial charge in [-0.3, -0.25) is 4.79 Å². The molecule has 3 aromatic rings. The molecule has 1 aliphatic heterocycles. The van der Waals surface area contributed by atoms with Crippen LogP contribution in [0.4, 0.5) is 0 Å². The highest BCUT2D eigenvalue weighted by molar-refractivity contribution is 5.88. The Morgan fingerprint density at radius 1 is 1.00 bits per heavy atom. The molecule has 0 spiro atoms. The minimum atomic E-state index is -1.06. The Morgan fingerprint density at radius 3 is 2.36 bits per heavy atom. The van der Waals surface area contributed by atoms with Gasteiger partial charge in [0.05, 0.1) is 13.2 Å². The summed E-state index contributed by atoms with van der Waals surface area (Å²) in [6.07, 6.45) is -0.772. The lowest BCUT2D eigenvalue weighted by Gasteiger charge is -2.37. The predicted molar refractivity (Wildman–Crippen MR) is 135 cm³/mol. The number of amides is 1. The third-order valence-corrected chi connectivity index (χ3v) is 6.36. The van der Waals surface area contributed by atoms with E-state index in [1.165, 1.54) is 4.90 Å². The Kier molecular flexibility index (Phi) is 8.36. The molecule has 7 nitrogen and oxygen atoms in total. The number of nitrogens with zero attached hydrogens (tertiary/aromatic N) is 1. The Labute approximate surface area is 211 Å². The van der Waals surface area contributed by atoms with Gasteiger partial charge in [0.25, 0.3) is 5.91 Å². The molecule has 0 aromatic heterocycles. The maximum absolute atomic E-state index is 13.7. The Bertz CT molecular complexity index is 1180. The first-order valence-electron chi connectivity index (χ1n) is 12.0. The van der Waals surface area contributed by atoms with Gasteiger partial charge < -0.3 is 24.2 Å². The molecule has 2 atom stereocenters. The smallest absolute Gasteiger partial charge is 0.326 e. The number of aliphatic carboxylic acids is 1. The maximum atomic E-state index is 13.7. The highest BCUT2D eigenvalue weighted by Crippen LogP contribution is 2.36. The number of benzene rings is 3. The van der Waals surface area contributed by atoms with Gasteiger partial charge in [-0.05, 0) is 29.2 Å². The second-order valence-electron chi connectivity index (χ2n) is 8.80. The van der Waals surface area contributed by atoms with Crippen LogP contribution in [0.3, 0.4) is 0 Å². The molecule has 0 fully saturated rings. The molecule has 7 heteroatoms. The summed E-state index contributed by atoms with van der Waals surface area (Å²) in [6.45, 7) is 3.01. The molecule has 1 aliphatic rings. The van der Waals surface area contributed by atoms with E-state index in [0.717, 1.165) is 22.3 Å². The Hall–Kier alpha value is -3.68. The fraction of sp³-hybridized carbons (Fsp3) is 0.310. The second kappa shape index (κ2) is 11.8. The molecule has 3 aromatic carbocycles. The molecule has 36 heavy (non-hydrogen) atoms. The van der Waals surface area contributed by atoms with Crippen molar-refractivity contribution in [2.24, 2.45) is 0 Å². The third kappa shape index (κ3) is 5.75. The maximum Gasteiger partial charge on any atom is 0.326 e. The second-order valence-corrected chi connectivity index (χ2v) is 8.80. The standard InChI is InChI=1S/C29H31NO6/c1-20-13-14-23-18-30(28(31)27(35-16-15-34-2)22-11-7-4-8-12-22)25(29(32)33)17-24(23)26(20)36-19-21-9-5-3-6-10-21/h3-14,25,27H,15-19H2,1-2H3,(H,32,33)/t25-,27+/m0/s1. The van der Waals surface area contributed by atoms with E-state index in [4.69, 9.17) is 14.2 Å². The number of rotatable bonds is 10. The van der Waals surface area contributed by atoms with E-state index in [9.17, 15) is 14.7 Å². The molecule has 0 radical (unpaired) electrons. The quantitative estimate of drug-likeness (QED) is 0.427. The number of methoxy groups -OCH3 is 1. The van der Waals surface area contributed by atoms with E-state index >= 15 is 0 Å². The van der Waals surface area contributed by atoms with Gasteiger partial charge in [-0.1, -0.05) is 72.8 Å². The predicted octanol–water partition coefficient (Wildman–Crippen LogP) is 4.32. The number of fused-ring (bicyclic) bond motifs is 1. The van der Waals surface area contributed by atoms with E-state index in [0.29, 0.717) is 24.5 Å². The number of carboxylic acids is 1. The minimum absolute atomic E-state index is 0.155. The molecule has 0 bridgehead atoms. The number of carboxylic acid groups (broad SMARTS) is 1. The third-order valence-electron chi connectivity index (χ3n) is 6.36. The summed E-state index contributed by atoms with van der Waals surface area (Å²) in [5.41, 5.74) is 4.33. The zero-order chi connectivity index (χ0) is 25.5. The van der Waals surface area contributed by atoms with Crippen LogP contribution in [0.25, 0.3) is 0 Å². The Morgan fingerprint density at radius 2 is 1.69 bits per heavy atom. The SMILES string of the molecule is COCCO[C@@H](C(=O)N1Cc2ccc(C)c(OCc3ccccc3)c2C[C@H]1C(=O)O)c1ccccc1. The average Bonchev–Trinajstić information content (AvgIpc) is 2.90. The van der Waals surface area contributed by atoms with E-state index in [1.807, 2.05) is 79.7 Å². The van der Waals surface area contributed by atoms with Crippen LogP contribution >= 0.6 is 0 Å². The van der Waals surface area contributed by atoms with Crippen LogP contribution in [0, 0.1) is 6.92 Å². The van der Waals surface area contributed by atoms with Crippen molar-refractivity contribution in [2.45, 2.75) is 38.6 Å². The summed E-state index contributed by atoms with van der Waals surface area (Å²) in [7, 11) is 1.56. The van der Waals surface area contributed by atoms with Crippen molar-refractivity contribution < 1.29 is 28.9 Å². The molecule has 0 saturated heterocycles. The van der Waals surface area contributed by atoms with Crippen molar-refractivity contribution in [2.75, 3.05) is 20.3 Å². The lowest BCUT2D eigenvalue weighted by Crippen LogP contribution is -2.50. The van der Waals surface area contributed by atoms with Crippen molar-refractivity contribution in [3.63, 3.8) is 0 Å². The zero-order valence-corrected chi connectivity index (χ0v) is 20.6. The number of aryl methyl sites for hydroxylation is 1. The van der Waals surface area contributed by atoms with Crippen LogP contribution in [0.15, 0.2) is 72.8 Å². The molecular weight excluding hydrogens is 458 g/mol. The molecule has 0 saturated carbocycles. The van der Waals surface area contributed by atoms with Crippen LogP contribution in [0.2, 0.25) is 0 Å². The number of carbonyl (C=O) groups is 2. The zero-order valence-electron chi connectivity index (χ0n) is 20.6. The lowest BCUT2D eigenvalue weighted by molar-refractivity contribution is -0.158. The first-order chi connectivity index (χ1) is 17.5. The summed E-state index contributed by atoms with van der Waals surface area (Å²) < 4.78 is 17.2. The monoisotopic (exact) mass is 489 g/mol. The lowest BCUT2D eigenvalue weighted by atomic mass is 9.90. The largest absolute Gasteiger partial charge is 0.488 e. The van der Waals surface area contributed by atoms with Crippen molar-refractivity contribution in [3.05, 3.63) is 101 Å². The van der Waals surface area contributed by atoms with E-state index < -0.39 is 18.1 Å². The van der Waals surface area contributed by atoms with Crippen LogP contribution in [0.1, 0.15) is 33.9 Å². The molecule has 1 amide bonds. The summed E-state index contributed by atoms with van der Waals surface area (Å²) in [4.78, 5) is 27.5. The fourth-order valence-electron chi connectivity index (χ4n) is 4.48. The summed E-state index contributed by atoms with van der Waals surface area (Å²) >= 11 is 0. The van der Waals surface area contributed by atoms with Gasteiger partial charge in [0.1, 0.15) is 18.4 Å². The van der Waals surface area contributed by atoms with Gasteiger partial charge >= 0.3 is 5.97 Å². The summed E-state index contributed by atoms with van der Waals surface area (Å²) in [5, 5.41) is 10.1. The van der Waals surface area contributed by atoms with Crippen LogP contribution in [-0.2, 0) is 38.6 Å². The van der Waals surface area contributed by atoms with Crippen molar-refractivity contribution in [3.8, 4) is 5.75 Å². The van der Waals surface area contributed by atoms with Gasteiger partial charge in [-0.25, -0.2) is 4.79 Å². The normalized spacial score (nSPS) is 15.7. The highest BCUT2D eigenvalue weighted by atomic mass is 16.5. The van der Waals surface area contributed by atoms with Crippen LogP contribution in [-0.4, -0.2) is 48.2 Å². The van der Waals surface area contributed by atoms with E-state index in [-0.39, 0.29) is 25.5 Å². The van der Waals surface area contributed by atoms with Gasteiger partial charge in [-0.2, -0.15) is 0 Å². The number of ether oxygens (including phenoxy) is 3. The van der Waals surface area contributed by atoms with Crippen molar-refractivity contribution in [1.29, 1.82) is 0 Å². The molecular formula is C29H31NO6. The fourth-order valence-corrected chi connectivity index (χ4v) is 4.48. The van der Waals surface area contributed by atoms with Crippen LogP contribution < -0.4 is 4.74 Å². The molecule has 1 N–H and O–H groups in total. The molecule has 0 aliphatic carbocycles. The average molecular weight is 490 g/mol. The summed E-state index contributed by atoms with van der Waals surface area (Å²) in [6, 6.07) is 21.8. The summed E-state index contributed by atoms with van der Waals surface area (Å²) in [5.74, 6) is -0.762. The molecule has 4 rings (SSSR count). The molecule has 0 unspecified atom stereocenters. The topological polar surface area (TPSA) is 85.3 Å². The molecule has 1 heterocycles. The first-order valence-corrected chi connectivity index (χ1v) is 12.0. The number of hydrogen-bond donors (Lipinski definition) is 1. The van der Waals surface area contributed by atoms with Crippen molar-refractivity contribution >= 4 is 11.9 Å². The van der Waals surface area contributed by atoms with Gasteiger partial charge in [0, 0.05) is 25.6 Å². The van der Waals surface area contributed by atoms with Gasteiger partial charge in [0.2, 0.25) is 0 Å². The van der Waals surface area contributed by atoms with Gasteiger partial charge in [-0.15, -0.1) is 0 Å². The molecule has 188 valence electrons.